The summed E-state index contributed by atoms with van der Waals surface area (Å²) >= 11 is 0. The lowest BCUT2D eigenvalue weighted by atomic mass is 10.1. The van der Waals surface area contributed by atoms with Crippen LogP contribution in [0.1, 0.15) is 105 Å². The van der Waals surface area contributed by atoms with Crippen LogP contribution in [0.4, 0.5) is 0 Å². The van der Waals surface area contributed by atoms with E-state index in [2.05, 4.69) is 13.8 Å². The van der Waals surface area contributed by atoms with Gasteiger partial charge in [0.2, 0.25) is 0 Å². The molecule has 0 saturated carbocycles. The lowest BCUT2D eigenvalue weighted by Gasteiger charge is -2.28. The molecule has 152 valence electrons. The second-order valence-corrected chi connectivity index (χ2v) is 7.46. The topological polar surface area (TPSA) is 47.9 Å². The fraction of sp³-hybridized carbons (Fsp3) is 1.00. The summed E-state index contributed by atoms with van der Waals surface area (Å²) in [7, 11) is 0. The Hall–Kier alpha value is -0.160. The standard InChI is InChI=1S/C21H44O4/c1-5-7-9-10-11-12-13-14-15-16-18-24-21(22,23-17-8-6-2)25-19-20(3)4/h20,22H,5-19H2,1-4H3. The Morgan fingerprint density at radius 1 is 0.640 bits per heavy atom. The van der Waals surface area contributed by atoms with Crippen LogP contribution < -0.4 is 0 Å². The first-order chi connectivity index (χ1) is 12.0. The van der Waals surface area contributed by atoms with E-state index in [0.29, 0.717) is 25.7 Å². The molecular weight excluding hydrogens is 316 g/mol. The zero-order chi connectivity index (χ0) is 18.8. The van der Waals surface area contributed by atoms with Crippen LogP contribution >= 0.6 is 0 Å². The maximum atomic E-state index is 10.4. The normalized spacial score (nSPS) is 14.2. The van der Waals surface area contributed by atoms with E-state index in [4.69, 9.17) is 14.2 Å². The highest BCUT2D eigenvalue weighted by Gasteiger charge is 2.31. The predicted octanol–water partition coefficient (Wildman–Crippen LogP) is 6.02. The molecule has 0 aromatic carbocycles. The highest BCUT2D eigenvalue weighted by Crippen LogP contribution is 2.16. The van der Waals surface area contributed by atoms with Gasteiger partial charge in [-0.15, -0.1) is 0 Å². The molecule has 0 aliphatic heterocycles. The molecule has 0 amide bonds. The summed E-state index contributed by atoms with van der Waals surface area (Å²) in [5, 5.41) is 10.4. The summed E-state index contributed by atoms with van der Waals surface area (Å²) in [5.74, 6) is 0.322. The Bertz CT molecular complexity index is 271. The first-order valence-electron chi connectivity index (χ1n) is 10.7. The quantitative estimate of drug-likeness (QED) is 0.226. The monoisotopic (exact) mass is 360 g/mol. The summed E-state index contributed by atoms with van der Waals surface area (Å²) in [6, 6.07) is 0. The second-order valence-electron chi connectivity index (χ2n) is 7.46. The molecule has 0 aliphatic carbocycles. The van der Waals surface area contributed by atoms with Crippen molar-refractivity contribution in [2.24, 2.45) is 5.92 Å². The molecule has 0 bridgehead atoms. The molecule has 1 unspecified atom stereocenters. The summed E-state index contributed by atoms with van der Waals surface area (Å²) in [6.45, 7) is 9.75. The van der Waals surface area contributed by atoms with Gasteiger partial charge in [0.25, 0.3) is 0 Å². The van der Waals surface area contributed by atoms with Crippen molar-refractivity contribution in [3.8, 4) is 0 Å². The van der Waals surface area contributed by atoms with Crippen LogP contribution in [0.5, 0.6) is 0 Å². The molecule has 25 heavy (non-hydrogen) atoms. The molecule has 0 fully saturated rings. The lowest BCUT2D eigenvalue weighted by Crippen LogP contribution is -2.40. The van der Waals surface area contributed by atoms with Crippen molar-refractivity contribution in [1.82, 2.24) is 0 Å². The molecule has 0 aromatic rings. The maximum absolute atomic E-state index is 10.4. The number of hydrogen-bond acceptors (Lipinski definition) is 4. The number of aliphatic hydroxyl groups is 1. The van der Waals surface area contributed by atoms with E-state index in [1.165, 1.54) is 51.4 Å². The number of ether oxygens (including phenoxy) is 3. The Morgan fingerprint density at radius 2 is 1.08 bits per heavy atom. The van der Waals surface area contributed by atoms with Crippen LogP contribution in [-0.4, -0.2) is 31.1 Å². The van der Waals surface area contributed by atoms with Gasteiger partial charge in [0, 0.05) is 0 Å². The van der Waals surface area contributed by atoms with Gasteiger partial charge in [0.1, 0.15) is 0 Å². The smallest absolute Gasteiger partial charge is 0.319 e. The summed E-state index contributed by atoms with van der Waals surface area (Å²) in [6.07, 6.45) is 12.8. The van der Waals surface area contributed by atoms with Gasteiger partial charge in [-0.05, 0) is 18.8 Å². The van der Waals surface area contributed by atoms with Crippen molar-refractivity contribution in [2.75, 3.05) is 19.8 Å². The third kappa shape index (κ3) is 17.0. The van der Waals surface area contributed by atoms with E-state index >= 15 is 0 Å². The Morgan fingerprint density at radius 3 is 1.56 bits per heavy atom. The van der Waals surface area contributed by atoms with Gasteiger partial charge in [-0.1, -0.05) is 91.9 Å². The molecule has 4 heteroatoms. The molecule has 4 nitrogen and oxygen atoms in total. The van der Waals surface area contributed by atoms with Crippen LogP contribution in [0.15, 0.2) is 0 Å². The molecule has 1 atom stereocenters. The highest BCUT2D eigenvalue weighted by molar-refractivity contribution is 4.49. The molecular formula is C21H44O4. The van der Waals surface area contributed by atoms with Crippen molar-refractivity contribution in [2.45, 2.75) is 111 Å². The van der Waals surface area contributed by atoms with Gasteiger partial charge < -0.3 is 19.3 Å². The maximum Gasteiger partial charge on any atom is 0.410 e. The molecule has 0 aromatic heterocycles. The van der Waals surface area contributed by atoms with E-state index in [1.807, 2.05) is 13.8 Å². The third-order valence-electron chi connectivity index (χ3n) is 4.16. The van der Waals surface area contributed by atoms with Gasteiger partial charge in [-0.2, -0.15) is 0 Å². The van der Waals surface area contributed by atoms with Crippen LogP contribution in [0, 0.1) is 5.92 Å². The van der Waals surface area contributed by atoms with E-state index in [9.17, 15) is 5.11 Å². The van der Waals surface area contributed by atoms with Crippen LogP contribution in [0.3, 0.4) is 0 Å². The molecule has 0 aliphatic rings. The van der Waals surface area contributed by atoms with E-state index < -0.39 is 6.16 Å². The van der Waals surface area contributed by atoms with Crippen LogP contribution in [0.25, 0.3) is 0 Å². The molecule has 1 N–H and O–H groups in total. The SMILES string of the molecule is CCCCCCCCCCCCOC(O)(OCCCC)OCC(C)C. The predicted molar refractivity (Wildman–Crippen MR) is 104 cm³/mol. The number of hydrogen-bond donors (Lipinski definition) is 1. The van der Waals surface area contributed by atoms with E-state index in [1.54, 1.807) is 0 Å². The van der Waals surface area contributed by atoms with Crippen molar-refractivity contribution in [3.63, 3.8) is 0 Å². The van der Waals surface area contributed by atoms with Crippen molar-refractivity contribution >= 4 is 0 Å². The van der Waals surface area contributed by atoms with E-state index in [-0.39, 0.29) is 0 Å². The third-order valence-corrected chi connectivity index (χ3v) is 4.16. The lowest BCUT2D eigenvalue weighted by molar-refractivity contribution is -0.487. The second kappa shape index (κ2) is 17.3. The molecule has 0 radical (unpaired) electrons. The minimum atomic E-state index is -1.88. The Kier molecular flexibility index (Phi) is 17.2. The summed E-state index contributed by atoms with van der Waals surface area (Å²) in [5.41, 5.74) is 0. The minimum Gasteiger partial charge on any atom is -0.319 e. The molecule has 0 spiro atoms. The first kappa shape index (κ1) is 24.8. The average Bonchev–Trinajstić information content (AvgIpc) is 2.58. The van der Waals surface area contributed by atoms with Gasteiger partial charge in [0.05, 0.1) is 19.8 Å². The van der Waals surface area contributed by atoms with E-state index in [0.717, 1.165) is 25.7 Å². The van der Waals surface area contributed by atoms with Gasteiger partial charge in [0.15, 0.2) is 0 Å². The Balaban J connectivity index is 3.71. The van der Waals surface area contributed by atoms with Gasteiger partial charge in [-0.25, -0.2) is 0 Å². The Labute approximate surface area is 156 Å². The number of unbranched alkanes of at least 4 members (excludes halogenated alkanes) is 10. The number of rotatable bonds is 19. The minimum absolute atomic E-state index is 0.322. The van der Waals surface area contributed by atoms with Crippen LogP contribution in [-0.2, 0) is 14.2 Å². The largest absolute Gasteiger partial charge is 0.410 e. The zero-order valence-corrected chi connectivity index (χ0v) is 17.4. The van der Waals surface area contributed by atoms with Crippen molar-refractivity contribution in [1.29, 1.82) is 0 Å². The highest BCUT2D eigenvalue weighted by atomic mass is 17.0. The molecule has 0 heterocycles. The summed E-state index contributed by atoms with van der Waals surface area (Å²) in [4.78, 5) is 0. The fourth-order valence-corrected chi connectivity index (χ4v) is 2.53. The molecule has 0 saturated heterocycles. The fourth-order valence-electron chi connectivity index (χ4n) is 2.53. The van der Waals surface area contributed by atoms with Gasteiger partial charge in [-0.3, -0.25) is 0 Å². The summed E-state index contributed by atoms with van der Waals surface area (Å²) < 4.78 is 16.4. The molecule has 0 rings (SSSR count). The average molecular weight is 361 g/mol. The van der Waals surface area contributed by atoms with Crippen LogP contribution in [0.2, 0.25) is 0 Å². The van der Waals surface area contributed by atoms with Gasteiger partial charge >= 0.3 is 6.16 Å². The zero-order valence-electron chi connectivity index (χ0n) is 17.4. The van der Waals surface area contributed by atoms with Crippen molar-refractivity contribution < 1.29 is 19.3 Å². The van der Waals surface area contributed by atoms with Crippen molar-refractivity contribution in [3.05, 3.63) is 0 Å². The first-order valence-corrected chi connectivity index (χ1v) is 10.7.